The highest BCUT2D eigenvalue weighted by atomic mass is 19.1. The van der Waals surface area contributed by atoms with Crippen LogP contribution in [0.1, 0.15) is 83.5 Å². The van der Waals surface area contributed by atoms with E-state index >= 15 is 4.39 Å². The minimum atomic E-state index is -0.603. The normalized spacial score (nSPS) is 25.6. The third kappa shape index (κ3) is 7.21. The van der Waals surface area contributed by atoms with E-state index in [0.29, 0.717) is 47.7 Å². The van der Waals surface area contributed by atoms with E-state index in [-0.39, 0.29) is 35.9 Å². The number of carbonyl (C=O) groups is 3. The number of hydrogen-bond donors (Lipinski definition) is 2. The topological polar surface area (TPSA) is 106 Å². The summed E-state index contributed by atoms with van der Waals surface area (Å²) in [5.74, 6) is 1.03. The number of aromatic hydroxyl groups is 1. The molecule has 2 N–H and O–H groups in total. The van der Waals surface area contributed by atoms with Crippen molar-refractivity contribution in [3.63, 3.8) is 0 Å². The second-order valence-corrected chi connectivity index (χ2v) is 16.7. The number of hydrogen-bond acceptors (Lipinski definition) is 8. The molecule has 0 radical (unpaired) electrons. The van der Waals surface area contributed by atoms with Crippen molar-refractivity contribution in [3.8, 4) is 5.75 Å². The number of rotatable bonds is 7. The molecule has 290 valence electrons. The number of piperidine rings is 2. The summed E-state index contributed by atoms with van der Waals surface area (Å²) in [5.41, 5.74) is 6.84. The van der Waals surface area contributed by atoms with E-state index in [1.165, 1.54) is 11.1 Å². The summed E-state index contributed by atoms with van der Waals surface area (Å²) in [4.78, 5) is 46.0. The number of benzene rings is 3. The van der Waals surface area contributed by atoms with Crippen LogP contribution in [0, 0.1) is 23.6 Å². The number of imide groups is 1. The molecule has 3 aromatic carbocycles. The lowest BCUT2D eigenvalue weighted by molar-refractivity contribution is -0.136. The van der Waals surface area contributed by atoms with E-state index in [0.717, 1.165) is 114 Å². The predicted octanol–water partition coefficient (Wildman–Crippen LogP) is 5.45. The van der Waals surface area contributed by atoms with Crippen LogP contribution in [0.2, 0.25) is 0 Å². The van der Waals surface area contributed by atoms with Crippen molar-refractivity contribution in [1.29, 1.82) is 0 Å². The fourth-order valence-corrected chi connectivity index (χ4v) is 10.6. The van der Waals surface area contributed by atoms with Gasteiger partial charge in [-0.15, -0.1) is 0 Å². The standard InChI is InChI=1S/C44H52FN5O5/c45-38-25-31(42-35(29-13-21-55-22-14-29)5-1-30-24-34(51)4-7-36(30)42)2-8-39(38)49-15-11-28(12-16-49)26-47-17-19-48(20-18-47)33-3-6-37-32(23-33)27-50(44(37)54)40-9-10-41(52)46-43(40)53/h2-4,6-8,23-25,28-29,35,40,42,51H,1,5,9-22,26-27H2,(H,46,52,53)/t35-,40-,42+/m0/s1. The molecule has 3 amide bonds. The van der Waals surface area contributed by atoms with E-state index in [4.69, 9.17) is 4.74 Å². The fraction of sp³-hybridized carbons (Fsp3) is 0.523. The highest BCUT2D eigenvalue weighted by molar-refractivity contribution is 6.05. The van der Waals surface area contributed by atoms with Crippen LogP contribution in [0.3, 0.4) is 0 Å². The summed E-state index contributed by atoms with van der Waals surface area (Å²) < 4.78 is 21.8. The zero-order valence-electron chi connectivity index (χ0n) is 31.6. The van der Waals surface area contributed by atoms with E-state index in [1.807, 2.05) is 24.3 Å². The number of carbonyl (C=O) groups excluding carboxylic acids is 3. The third-order valence-corrected chi connectivity index (χ3v) is 13.6. The lowest BCUT2D eigenvalue weighted by Gasteiger charge is -2.41. The van der Waals surface area contributed by atoms with Crippen LogP contribution < -0.4 is 15.1 Å². The molecule has 5 heterocycles. The number of anilines is 2. The molecule has 0 spiro atoms. The maximum atomic E-state index is 16.1. The van der Waals surface area contributed by atoms with E-state index < -0.39 is 6.04 Å². The molecule has 10 nitrogen and oxygen atoms in total. The highest BCUT2D eigenvalue weighted by Crippen LogP contribution is 2.48. The smallest absolute Gasteiger partial charge is 0.255 e. The lowest BCUT2D eigenvalue weighted by atomic mass is 9.65. The Morgan fingerprint density at radius 2 is 1.58 bits per heavy atom. The molecule has 0 bridgehead atoms. The lowest BCUT2D eigenvalue weighted by Crippen LogP contribution is -2.52. The number of halogens is 1. The van der Waals surface area contributed by atoms with Crippen molar-refractivity contribution in [1.82, 2.24) is 15.1 Å². The van der Waals surface area contributed by atoms with Gasteiger partial charge in [0.1, 0.15) is 17.6 Å². The van der Waals surface area contributed by atoms with Gasteiger partial charge in [0.25, 0.3) is 5.91 Å². The second-order valence-electron chi connectivity index (χ2n) is 16.7. The Bertz CT molecular complexity index is 1950. The third-order valence-electron chi connectivity index (χ3n) is 13.6. The SMILES string of the molecule is O=C1CC[C@H](N2Cc3cc(N4CCN(CC5CCN(c6ccc([C@H]7c8ccc(O)cc8CC[C@H]7C7CCOCC7)cc6F)CC5)CC4)ccc3C2=O)C(=O)N1. The summed E-state index contributed by atoms with van der Waals surface area (Å²) in [7, 11) is 0. The van der Waals surface area contributed by atoms with Gasteiger partial charge in [-0.25, -0.2) is 4.39 Å². The number of ether oxygens (including phenoxy) is 1. The van der Waals surface area contributed by atoms with Crippen molar-refractivity contribution >= 4 is 29.1 Å². The number of phenols is 1. The molecule has 9 rings (SSSR count). The second kappa shape index (κ2) is 15.2. The predicted molar refractivity (Wildman–Crippen MR) is 208 cm³/mol. The quantitative estimate of drug-likeness (QED) is 0.308. The molecule has 3 atom stereocenters. The maximum Gasteiger partial charge on any atom is 0.255 e. The first kappa shape index (κ1) is 36.2. The van der Waals surface area contributed by atoms with Crippen LogP contribution in [0.15, 0.2) is 54.6 Å². The Kier molecular flexibility index (Phi) is 10.0. The van der Waals surface area contributed by atoms with Crippen LogP contribution in [0.4, 0.5) is 15.8 Å². The van der Waals surface area contributed by atoms with Crippen molar-refractivity contribution in [2.75, 3.05) is 68.8 Å². The van der Waals surface area contributed by atoms with Gasteiger partial charge >= 0.3 is 0 Å². The van der Waals surface area contributed by atoms with Crippen LogP contribution in [-0.2, 0) is 27.3 Å². The molecule has 0 unspecified atom stereocenters. The maximum absolute atomic E-state index is 16.1. The number of aryl methyl sites for hydroxylation is 1. The molecule has 4 saturated heterocycles. The fourth-order valence-electron chi connectivity index (χ4n) is 10.6. The first-order chi connectivity index (χ1) is 26.8. The summed E-state index contributed by atoms with van der Waals surface area (Å²) in [5, 5.41) is 12.6. The zero-order chi connectivity index (χ0) is 37.6. The molecule has 1 aliphatic carbocycles. The molecular formula is C44H52FN5O5. The summed E-state index contributed by atoms with van der Waals surface area (Å²) in [6, 6.07) is 17.1. The Hall–Kier alpha value is -4.48. The van der Waals surface area contributed by atoms with Crippen molar-refractivity contribution in [2.24, 2.45) is 17.8 Å². The molecule has 55 heavy (non-hydrogen) atoms. The largest absolute Gasteiger partial charge is 0.508 e. The average Bonchev–Trinajstić information content (AvgIpc) is 3.53. The Morgan fingerprint density at radius 3 is 2.35 bits per heavy atom. The zero-order valence-corrected chi connectivity index (χ0v) is 31.6. The number of phenolic OH excluding ortho intramolecular Hbond substituents is 1. The summed E-state index contributed by atoms with van der Waals surface area (Å²) in [6.45, 7) is 8.47. The van der Waals surface area contributed by atoms with Crippen molar-refractivity contribution in [2.45, 2.75) is 69.9 Å². The number of fused-ring (bicyclic) bond motifs is 2. The number of nitrogens with one attached hydrogen (secondary N) is 1. The van der Waals surface area contributed by atoms with Crippen LogP contribution in [-0.4, -0.2) is 97.7 Å². The molecule has 11 heteroatoms. The van der Waals surface area contributed by atoms with Crippen LogP contribution >= 0.6 is 0 Å². The first-order valence-electron chi connectivity index (χ1n) is 20.5. The molecule has 3 aromatic rings. The molecule has 0 aromatic heterocycles. The van der Waals surface area contributed by atoms with Gasteiger partial charge in [-0.1, -0.05) is 12.1 Å². The van der Waals surface area contributed by atoms with E-state index in [9.17, 15) is 19.5 Å². The Balaban J connectivity index is 0.787. The molecular weight excluding hydrogens is 698 g/mol. The highest BCUT2D eigenvalue weighted by Gasteiger charge is 2.40. The van der Waals surface area contributed by atoms with Crippen molar-refractivity contribution in [3.05, 3.63) is 88.2 Å². The van der Waals surface area contributed by atoms with Gasteiger partial charge in [0.05, 0.1) is 5.69 Å². The number of amides is 3. The van der Waals surface area contributed by atoms with E-state index in [1.54, 1.807) is 17.0 Å². The van der Waals surface area contributed by atoms with Crippen molar-refractivity contribution < 1.29 is 28.6 Å². The molecule has 5 aliphatic heterocycles. The average molecular weight is 750 g/mol. The number of piperazine rings is 1. The minimum absolute atomic E-state index is 0.115. The number of nitrogens with zero attached hydrogens (tertiary/aromatic N) is 4. The van der Waals surface area contributed by atoms with Crippen LogP contribution in [0.5, 0.6) is 5.75 Å². The van der Waals surface area contributed by atoms with Crippen LogP contribution in [0.25, 0.3) is 0 Å². The molecule has 6 aliphatic rings. The minimum Gasteiger partial charge on any atom is -0.508 e. The van der Waals surface area contributed by atoms with Gasteiger partial charge < -0.3 is 24.5 Å². The van der Waals surface area contributed by atoms with E-state index in [2.05, 4.69) is 38.2 Å². The van der Waals surface area contributed by atoms with Gasteiger partial charge in [-0.2, -0.15) is 0 Å². The summed E-state index contributed by atoms with van der Waals surface area (Å²) in [6.07, 6.45) is 6.77. The Labute approximate surface area is 322 Å². The van der Waals surface area contributed by atoms with Gasteiger partial charge in [0.15, 0.2) is 0 Å². The van der Waals surface area contributed by atoms with Gasteiger partial charge in [0.2, 0.25) is 11.8 Å². The Morgan fingerprint density at radius 1 is 0.782 bits per heavy atom. The molecule has 4 fully saturated rings. The summed E-state index contributed by atoms with van der Waals surface area (Å²) >= 11 is 0. The van der Waals surface area contributed by atoms with Gasteiger partial charge in [-0.05, 0) is 127 Å². The molecule has 0 saturated carbocycles. The van der Waals surface area contributed by atoms with Gasteiger partial charge in [0, 0.05) is 89.2 Å². The van der Waals surface area contributed by atoms with Gasteiger partial charge in [-0.3, -0.25) is 24.6 Å². The monoisotopic (exact) mass is 749 g/mol. The first-order valence-corrected chi connectivity index (χ1v) is 20.5.